The molecule has 9 heteroatoms. The molecule has 2 atom stereocenters. The summed E-state index contributed by atoms with van der Waals surface area (Å²) in [5, 5.41) is 0.253. The largest absolute Gasteiger partial charge is 0.375 e. The molecule has 0 aromatic heterocycles. The van der Waals surface area contributed by atoms with Gasteiger partial charge in [-0.3, -0.25) is 4.79 Å². The van der Waals surface area contributed by atoms with Crippen molar-refractivity contribution in [1.29, 1.82) is 0 Å². The Morgan fingerprint density at radius 1 is 1.39 bits per heavy atom. The van der Waals surface area contributed by atoms with Gasteiger partial charge >= 0.3 is 0 Å². The number of nitrogens with zero attached hydrogens (tertiary/aromatic N) is 2. The van der Waals surface area contributed by atoms with Crippen LogP contribution in [0, 0.1) is 5.82 Å². The standard InChI is InChI=1S/C14H15FN2O4S2/c1-21-6-13(18)16-14-17(10-4-2-9(15)3-5-10)11-7-23(19,20)8-12(11)22-14/h2-5,11-12H,6-8H2,1H3/t11-,12-/m0/s1. The van der Waals surface area contributed by atoms with E-state index in [4.69, 9.17) is 4.74 Å². The molecule has 3 rings (SSSR count). The number of aliphatic imine (C=N–C) groups is 1. The molecule has 0 spiro atoms. The zero-order chi connectivity index (χ0) is 16.6. The summed E-state index contributed by atoms with van der Waals surface area (Å²) in [6.45, 7) is -0.144. The van der Waals surface area contributed by atoms with E-state index in [1.165, 1.54) is 31.0 Å². The summed E-state index contributed by atoms with van der Waals surface area (Å²) >= 11 is 1.27. The number of carbonyl (C=O) groups excluding carboxylic acids is 1. The quantitative estimate of drug-likeness (QED) is 0.805. The topological polar surface area (TPSA) is 76.0 Å². The number of amides is 1. The number of thioether (sulfide) groups is 1. The molecule has 2 fully saturated rings. The van der Waals surface area contributed by atoms with Gasteiger partial charge in [-0.1, -0.05) is 11.8 Å². The van der Waals surface area contributed by atoms with Gasteiger partial charge in [-0.05, 0) is 24.3 Å². The molecule has 1 amide bonds. The van der Waals surface area contributed by atoms with Crippen LogP contribution in [0.4, 0.5) is 10.1 Å². The third-order valence-corrected chi connectivity index (χ3v) is 6.87. The van der Waals surface area contributed by atoms with E-state index >= 15 is 0 Å². The molecule has 0 unspecified atom stereocenters. The number of halogens is 1. The predicted octanol–water partition coefficient (Wildman–Crippen LogP) is 1.07. The van der Waals surface area contributed by atoms with Gasteiger partial charge in [-0.15, -0.1) is 0 Å². The summed E-state index contributed by atoms with van der Waals surface area (Å²) in [5.41, 5.74) is 0.618. The molecule has 2 aliphatic rings. The third-order valence-electron chi connectivity index (χ3n) is 3.66. The lowest BCUT2D eigenvalue weighted by molar-refractivity contribution is -0.121. The zero-order valence-electron chi connectivity index (χ0n) is 12.3. The molecule has 2 saturated heterocycles. The van der Waals surface area contributed by atoms with Crippen molar-refractivity contribution in [2.75, 3.05) is 30.1 Å². The second kappa shape index (κ2) is 6.21. The number of amidine groups is 1. The van der Waals surface area contributed by atoms with Gasteiger partial charge in [0, 0.05) is 18.0 Å². The van der Waals surface area contributed by atoms with Gasteiger partial charge in [0.25, 0.3) is 5.91 Å². The minimum Gasteiger partial charge on any atom is -0.375 e. The first-order valence-corrected chi connectivity index (χ1v) is 9.62. The van der Waals surface area contributed by atoms with Crippen LogP contribution >= 0.6 is 11.8 Å². The Hall–Kier alpha value is -1.45. The second-order valence-electron chi connectivity index (χ2n) is 5.37. The molecule has 0 aliphatic carbocycles. The fraction of sp³-hybridized carbons (Fsp3) is 0.429. The molecule has 0 N–H and O–H groups in total. The number of hydrogen-bond acceptors (Lipinski definition) is 5. The average molecular weight is 358 g/mol. The summed E-state index contributed by atoms with van der Waals surface area (Å²) in [4.78, 5) is 17.5. The van der Waals surface area contributed by atoms with Crippen LogP contribution in [-0.2, 0) is 19.4 Å². The first kappa shape index (κ1) is 16.4. The van der Waals surface area contributed by atoms with Crippen LogP contribution < -0.4 is 4.90 Å². The molecule has 2 heterocycles. The highest BCUT2D eigenvalue weighted by atomic mass is 32.2. The molecule has 23 heavy (non-hydrogen) atoms. The van der Waals surface area contributed by atoms with Crippen molar-refractivity contribution in [1.82, 2.24) is 0 Å². The monoisotopic (exact) mass is 358 g/mol. The highest BCUT2D eigenvalue weighted by Crippen LogP contribution is 2.40. The Kier molecular flexibility index (Phi) is 4.43. The van der Waals surface area contributed by atoms with Crippen molar-refractivity contribution in [2.24, 2.45) is 4.99 Å². The van der Waals surface area contributed by atoms with E-state index in [0.29, 0.717) is 10.9 Å². The van der Waals surface area contributed by atoms with Crippen LogP contribution in [0.1, 0.15) is 0 Å². The van der Waals surface area contributed by atoms with Crippen molar-refractivity contribution < 1.29 is 22.3 Å². The molecule has 1 aromatic carbocycles. The SMILES string of the molecule is COCC(=O)N=C1S[C@H]2CS(=O)(=O)C[C@@H]2N1c1ccc(F)cc1. The number of hydrogen-bond donors (Lipinski definition) is 0. The Bertz CT molecular complexity index is 749. The van der Waals surface area contributed by atoms with Gasteiger partial charge < -0.3 is 9.64 Å². The van der Waals surface area contributed by atoms with Gasteiger partial charge in [0.2, 0.25) is 0 Å². The lowest BCUT2D eigenvalue weighted by Gasteiger charge is -2.24. The fourth-order valence-corrected chi connectivity index (χ4v) is 6.66. The maximum absolute atomic E-state index is 13.2. The van der Waals surface area contributed by atoms with Crippen LogP contribution in [0.2, 0.25) is 0 Å². The molecular weight excluding hydrogens is 343 g/mol. The van der Waals surface area contributed by atoms with E-state index in [9.17, 15) is 17.6 Å². The summed E-state index contributed by atoms with van der Waals surface area (Å²) in [6, 6.07) is 5.40. The van der Waals surface area contributed by atoms with Crippen molar-refractivity contribution in [3.63, 3.8) is 0 Å². The van der Waals surface area contributed by atoms with Gasteiger partial charge in [0.1, 0.15) is 12.4 Å². The Labute approximate surface area is 137 Å². The van der Waals surface area contributed by atoms with E-state index in [0.717, 1.165) is 0 Å². The number of anilines is 1. The van der Waals surface area contributed by atoms with Gasteiger partial charge in [-0.2, -0.15) is 4.99 Å². The number of methoxy groups -OCH3 is 1. The lowest BCUT2D eigenvalue weighted by Crippen LogP contribution is -2.37. The zero-order valence-corrected chi connectivity index (χ0v) is 13.9. The Morgan fingerprint density at radius 2 is 2.09 bits per heavy atom. The van der Waals surface area contributed by atoms with Crippen molar-refractivity contribution in [2.45, 2.75) is 11.3 Å². The maximum Gasteiger partial charge on any atom is 0.274 e. The molecule has 124 valence electrons. The van der Waals surface area contributed by atoms with Crippen LogP contribution in [0.3, 0.4) is 0 Å². The van der Waals surface area contributed by atoms with Gasteiger partial charge in [0.05, 0.1) is 17.5 Å². The maximum atomic E-state index is 13.2. The Morgan fingerprint density at radius 3 is 2.74 bits per heavy atom. The van der Waals surface area contributed by atoms with E-state index < -0.39 is 15.7 Å². The molecule has 0 saturated carbocycles. The fourth-order valence-electron chi connectivity index (χ4n) is 2.73. The highest BCUT2D eigenvalue weighted by Gasteiger charge is 2.49. The summed E-state index contributed by atoms with van der Waals surface area (Å²) < 4.78 is 41.7. The Balaban J connectivity index is 1.97. The number of sulfone groups is 1. The van der Waals surface area contributed by atoms with Crippen molar-refractivity contribution >= 4 is 38.4 Å². The normalized spacial score (nSPS) is 27.4. The first-order chi connectivity index (χ1) is 10.9. The van der Waals surface area contributed by atoms with Crippen LogP contribution in [0.15, 0.2) is 29.3 Å². The number of rotatable bonds is 3. The molecule has 6 nitrogen and oxygen atoms in total. The number of carbonyl (C=O) groups is 1. The minimum atomic E-state index is -3.12. The molecule has 0 bridgehead atoms. The van der Waals surface area contributed by atoms with E-state index in [-0.39, 0.29) is 35.2 Å². The van der Waals surface area contributed by atoms with Crippen LogP contribution in [-0.4, -0.2) is 56.0 Å². The number of ether oxygens (including phenoxy) is 1. The van der Waals surface area contributed by atoms with Crippen molar-refractivity contribution in [3.8, 4) is 0 Å². The summed E-state index contributed by atoms with van der Waals surface area (Å²) in [7, 11) is -1.72. The van der Waals surface area contributed by atoms with Crippen LogP contribution in [0.5, 0.6) is 0 Å². The summed E-state index contributed by atoms with van der Waals surface area (Å²) in [6.07, 6.45) is 0. The van der Waals surface area contributed by atoms with Crippen LogP contribution in [0.25, 0.3) is 0 Å². The van der Waals surface area contributed by atoms with E-state index in [1.807, 2.05) is 0 Å². The van der Waals surface area contributed by atoms with Gasteiger partial charge in [-0.25, -0.2) is 12.8 Å². The number of fused-ring (bicyclic) bond motifs is 1. The lowest BCUT2D eigenvalue weighted by atomic mass is 10.2. The molecule has 0 radical (unpaired) electrons. The molecular formula is C14H15FN2O4S2. The van der Waals surface area contributed by atoms with Gasteiger partial charge in [0.15, 0.2) is 15.0 Å². The molecule has 2 aliphatic heterocycles. The predicted molar refractivity (Wildman–Crippen MR) is 87.0 cm³/mol. The molecule has 1 aromatic rings. The first-order valence-electron chi connectivity index (χ1n) is 6.92. The smallest absolute Gasteiger partial charge is 0.274 e. The van der Waals surface area contributed by atoms with Crippen molar-refractivity contribution in [3.05, 3.63) is 30.1 Å². The average Bonchev–Trinajstić information content (AvgIpc) is 2.91. The summed E-state index contributed by atoms with van der Waals surface area (Å²) in [5.74, 6) is -0.771. The second-order valence-corrected chi connectivity index (χ2v) is 8.73. The highest BCUT2D eigenvalue weighted by molar-refractivity contribution is 8.16. The number of benzene rings is 1. The van der Waals surface area contributed by atoms with E-state index in [2.05, 4.69) is 4.99 Å². The third kappa shape index (κ3) is 3.41. The minimum absolute atomic E-state index is 0.000465. The van der Waals surface area contributed by atoms with E-state index in [1.54, 1.807) is 17.0 Å².